The Morgan fingerprint density at radius 2 is 2.00 bits per heavy atom. The van der Waals surface area contributed by atoms with E-state index in [0.29, 0.717) is 0 Å². The van der Waals surface area contributed by atoms with E-state index in [-0.39, 0.29) is 0 Å². The lowest BCUT2D eigenvalue weighted by Crippen LogP contribution is -1.99. The summed E-state index contributed by atoms with van der Waals surface area (Å²) in [4.78, 5) is 0. The molecule has 0 fully saturated rings. The first-order valence-electron chi connectivity index (χ1n) is 5.49. The molecule has 0 unspecified atom stereocenters. The molecule has 15 heavy (non-hydrogen) atoms. The van der Waals surface area contributed by atoms with Crippen LogP contribution in [-0.2, 0) is 4.74 Å². The highest BCUT2D eigenvalue weighted by molar-refractivity contribution is 5.76. The van der Waals surface area contributed by atoms with Crippen molar-refractivity contribution in [1.29, 1.82) is 0 Å². The molecule has 0 heterocycles. The lowest BCUT2D eigenvalue weighted by atomic mass is 9.98. The zero-order valence-corrected chi connectivity index (χ0v) is 9.07. The average Bonchev–Trinajstić information content (AvgIpc) is 2.31. The molecular weight excluding hydrogens is 184 g/mol. The minimum absolute atomic E-state index is 0.750. The van der Waals surface area contributed by atoms with Crippen molar-refractivity contribution in [3.8, 4) is 0 Å². The summed E-state index contributed by atoms with van der Waals surface area (Å²) in [5, 5.41) is 0. The summed E-state index contributed by atoms with van der Waals surface area (Å²) in [6.07, 6.45) is 6.49. The van der Waals surface area contributed by atoms with Crippen LogP contribution in [0.2, 0.25) is 0 Å². The maximum absolute atomic E-state index is 5.68. The van der Waals surface area contributed by atoms with Crippen molar-refractivity contribution >= 4 is 5.57 Å². The Morgan fingerprint density at radius 1 is 1.20 bits per heavy atom. The van der Waals surface area contributed by atoms with Crippen LogP contribution < -0.4 is 0 Å². The Labute approximate surface area is 91.1 Å². The van der Waals surface area contributed by atoms with Crippen LogP contribution in [-0.4, -0.2) is 6.61 Å². The molecule has 0 radical (unpaired) electrons. The van der Waals surface area contributed by atoms with Gasteiger partial charge in [0.25, 0.3) is 0 Å². The molecule has 0 saturated carbocycles. The van der Waals surface area contributed by atoms with Gasteiger partial charge in [0.05, 0.1) is 6.61 Å². The third kappa shape index (κ3) is 2.30. The van der Waals surface area contributed by atoms with Gasteiger partial charge < -0.3 is 4.74 Å². The van der Waals surface area contributed by atoms with Gasteiger partial charge in [0.2, 0.25) is 0 Å². The van der Waals surface area contributed by atoms with Crippen molar-refractivity contribution in [2.75, 3.05) is 6.61 Å². The van der Waals surface area contributed by atoms with E-state index in [1.807, 2.05) is 13.0 Å². The summed E-state index contributed by atoms with van der Waals surface area (Å²) >= 11 is 0. The predicted octanol–water partition coefficient (Wildman–Crippen LogP) is 3.78. The van der Waals surface area contributed by atoms with Gasteiger partial charge in [-0.15, -0.1) is 0 Å². The van der Waals surface area contributed by atoms with Gasteiger partial charge in [-0.3, -0.25) is 0 Å². The predicted molar refractivity (Wildman–Crippen MR) is 63.4 cm³/mol. The maximum atomic E-state index is 5.68. The first kappa shape index (κ1) is 10.0. The summed E-state index contributed by atoms with van der Waals surface area (Å²) in [6.45, 7) is 2.79. The smallest absolute Gasteiger partial charge is 0.104 e. The highest BCUT2D eigenvalue weighted by Crippen LogP contribution is 2.27. The van der Waals surface area contributed by atoms with Gasteiger partial charge in [-0.05, 0) is 18.9 Å². The molecule has 0 aliphatic heterocycles. The first-order chi connectivity index (χ1) is 7.42. The third-order valence-electron chi connectivity index (χ3n) is 2.53. The monoisotopic (exact) mass is 200 g/mol. The zero-order valence-electron chi connectivity index (χ0n) is 9.07. The molecule has 0 amide bonds. The summed E-state index contributed by atoms with van der Waals surface area (Å²) in [5.41, 5.74) is 2.49. The van der Waals surface area contributed by atoms with Crippen LogP contribution >= 0.6 is 0 Å². The summed E-state index contributed by atoms with van der Waals surface area (Å²) in [5.74, 6) is 1.13. The molecule has 0 bridgehead atoms. The van der Waals surface area contributed by atoms with Crippen LogP contribution in [0.4, 0.5) is 0 Å². The molecule has 78 valence electrons. The van der Waals surface area contributed by atoms with Crippen molar-refractivity contribution < 1.29 is 4.74 Å². The molecular formula is C14H16O. The van der Waals surface area contributed by atoms with Crippen molar-refractivity contribution in [3.05, 3.63) is 53.8 Å². The van der Waals surface area contributed by atoms with Gasteiger partial charge >= 0.3 is 0 Å². The van der Waals surface area contributed by atoms with E-state index in [2.05, 4.69) is 36.4 Å². The molecule has 1 nitrogen and oxygen atoms in total. The van der Waals surface area contributed by atoms with Gasteiger partial charge in [-0.25, -0.2) is 0 Å². The van der Waals surface area contributed by atoms with Crippen LogP contribution in [0.25, 0.3) is 5.57 Å². The highest BCUT2D eigenvalue weighted by Gasteiger charge is 2.10. The van der Waals surface area contributed by atoms with Gasteiger partial charge in [0.1, 0.15) is 5.76 Å². The summed E-state index contributed by atoms with van der Waals surface area (Å²) in [7, 11) is 0. The van der Waals surface area contributed by atoms with E-state index in [1.54, 1.807) is 0 Å². The van der Waals surface area contributed by atoms with E-state index in [0.717, 1.165) is 25.2 Å². The quantitative estimate of drug-likeness (QED) is 0.721. The Hall–Kier alpha value is -1.50. The van der Waals surface area contributed by atoms with E-state index in [1.165, 1.54) is 11.1 Å². The van der Waals surface area contributed by atoms with Crippen LogP contribution in [0.5, 0.6) is 0 Å². The maximum Gasteiger partial charge on any atom is 0.104 e. The normalized spacial score (nSPS) is 15.5. The molecule has 1 aliphatic rings. The Kier molecular flexibility index (Phi) is 3.23. The first-order valence-corrected chi connectivity index (χ1v) is 5.49. The van der Waals surface area contributed by atoms with Crippen LogP contribution in [0, 0.1) is 0 Å². The molecule has 2 rings (SSSR count). The fourth-order valence-corrected chi connectivity index (χ4v) is 1.84. The second-order valence-corrected chi connectivity index (χ2v) is 3.58. The summed E-state index contributed by atoms with van der Waals surface area (Å²) < 4.78 is 5.68. The molecule has 0 spiro atoms. The van der Waals surface area contributed by atoms with Gasteiger partial charge in [-0.2, -0.15) is 0 Å². The average molecular weight is 200 g/mol. The molecule has 0 atom stereocenters. The Balaban J connectivity index is 2.35. The van der Waals surface area contributed by atoms with Crippen LogP contribution in [0.15, 0.2) is 48.2 Å². The largest absolute Gasteiger partial charge is 0.498 e. The number of hydrogen-bond acceptors (Lipinski definition) is 1. The Bertz CT molecular complexity index is 374. The molecule has 0 saturated heterocycles. The van der Waals surface area contributed by atoms with E-state index >= 15 is 0 Å². The lowest BCUT2D eigenvalue weighted by molar-refractivity contribution is 0.220. The number of allylic oxidation sites excluding steroid dienone is 4. The van der Waals surface area contributed by atoms with Gasteiger partial charge in [-0.1, -0.05) is 42.5 Å². The second kappa shape index (κ2) is 4.83. The van der Waals surface area contributed by atoms with Crippen molar-refractivity contribution in [2.45, 2.75) is 19.8 Å². The van der Waals surface area contributed by atoms with Gasteiger partial charge in [0, 0.05) is 12.0 Å². The fourth-order valence-electron chi connectivity index (χ4n) is 1.84. The Morgan fingerprint density at radius 3 is 2.73 bits per heavy atom. The SMILES string of the molecule is CCOC1=C(c2ccccc2)C=CCC1. The van der Waals surface area contributed by atoms with Crippen molar-refractivity contribution in [3.63, 3.8) is 0 Å². The highest BCUT2D eigenvalue weighted by atomic mass is 16.5. The molecule has 0 aromatic heterocycles. The number of ether oxygens (including phenoxy) is 1. The second-order valence-electron chi connectivity index (χ2n) is 3.58. The standard InChI is InChI=1S/C14H16O/c1-2-15-14-11-7-6-10-13(14)12-8-4-3-5-9-12/h3-6,8-10H,2,7,11H2,1H3. The molecule has 1 aliphatic carbocycles. The van der Waals surface area contributed by atoms with E-state index in [9.17, 15) is 0 Å². The van der Waals surface area contributed by atoms with Crippen molar-refractivity contribution in [1.82, 2.24) is 0 Å². The molecule has 0 N–H and O–H groups in total. The summed E-state index contributed by atoms with van der Waals surface area (Å²) in [6, 6.07) is 10.4. The fraction of sp³-hybridized carbons (Fsp3) is 0.286. The van der Waals surface area contributed by atoms with E-state index < -0.39 is 0 Å². The minimum Gasteiger partial charge on any atom is -0.498 e. The minimum atomic E-state index is 0.750. The third-order valence-corrected chi connectivity index (χ3v) is 2.53. The van der Waals surface area contributed by atoms with Crippen molar-refractivity contribution in [2.24, 2.45) is 0 Å². The van der Waals surface area contributed by atoms with Crippen LogP contribution in [0.1, 0.15) is 25.3 Å². The zero-order chi connectivity index (χ0) is 10.5. The van der Waals surface area contributed by atoms with Crippen LogP contribution in [0.3, 0.4) is 0 Å². The van der Waals surface area contributed by atoms with E-state index in [4.69, 9.17) is 4.74 Å². The van der Waals surface area contributed by atoms with Gasteiger partial charge in [0.15, 0.2) is 0 Å². The molecule has 1 aromatic rings. The topological polar surface area (TPSA) is 9.23 Å². The number of benzene rings is 1. The molecule has 1 aromatic carbocycles. The molecule has 1 heteroatoms. The lowest BCUT2D eigenvalue weighted by Gasteiger charge is -2.16. The number of hydrogen-bond donors (Lipinski definition) is 0. The number of rotatable bonds is 3.